The van der Waals surface area contributed by atoms with Crippen molar-refractivity contribution in [1.29, 1.82) is 5.26 Å². The number of carbonyl (C=O) groups excluding carboxylic acids is 1. The number of nitriles is 1. The highest BCUT2D eigenvalue weighted by atomic mass is 35.5. The Bertz CT molecular complexity index is 2180. The van der Waals surface area contributed by atoms with Crippen molar-refractivity contribution in [2.24, 2.45) is 5.92 Å². The number of fused-ring (bicyclic) bond motifs is 4. The summed E-state index contributed by atoms with van der Waals surface area (Å²) in [6.45, 7) is 5.96. The fourth-order valence-electron chi connectivity index (χ4n) is 8.29. The number of anilines is 1. The molecular formula is C38H34Cl2F2N6O. The van der Waals surface area contributed by atoms with Crippen molar-refractivity contribution in [2.75, 3.05) is 24.5 Å². The number of hydrogen-bond acceptors (Lipinski definition) is 4. The molecule has 11 heteroatoms. The average molecular weight is 700 g/mol. The maximum absolute atomic E-state index is 17.0. The van der Waals surface area contributed by atoms with E-state index in [2.05, 4.69) is 22.0 Å². The van der Waals surface area contributed by atoms with Crippen LogP contribution < -0.4 is 10.2 Å². The van der Waals surface area contributed by atoms with Gasteiger partial charge in [0.05, 0.1) is 33.7 Å². The van der Waals surface area contributed by atoms with Gasteiger partial charge in [0.15, 0.2) is 5.82 Å². The first kappa shape index (κ1) is 32.0. The second-order valence-corrected chi connectivity index (χ2v) is 14.2. The highest BCUT2D eigenvalue weighted by molar-refractivity contribution is 6.43. The minimum atomic E-state index is -0.502. The first-order chi connectivity index (χ1) is 23.7. The Morgan fingerprint density at radius 3 is 2.61 bits per heavy atom. The number of benzene rings is 3. The van der Waals surface area contributed by atoms with E-state index in [1.54, 1.807) is 35.2 Å². The highest BCUT2D eigenvalue weighted by Crippen LogP contribution is 2.50. The van der Waals surface area contributed by atoms with Crippen LogP contribution in [0.25, 0.3) is 32.9 Å². The van der Waals surface area contributed by atoms with E-state index in [0.717, 1.165) is 36.0 Å². The van der Waals surface area contributed by atoms with Crippen LogP contribution in [0.3, 0.4) is 0 Å². The number of urea groups is 1. The summed E-state index contributed by atoms with van der Waals surface area (Å²) in [6, 6.07) is 17.4. The van der Waals surface area contributed by atoms with Crippen molar-refractivity contribution < 1.29 is 13.6 Å². The fraction of sp³-hybridized carbons (Fsp3) is 0.342. The molecule has 0 unspecified atom stereocenters. The zero-order valence-electron chi connectivity index (χ0n) is 27.1. The summed E-state index contributed by atoms with van der Waals surface area (Å²) in [4.78, 5) is 22.5. The summed E-state index contributed by atoms with van der Waals surface area (Å²) < 4.78 is 33.1. The summed E-state index contributed by atoms with van der Waals surface area (Å²) in [5, 5.41) is 15.3. The summed E-state index contributed by atoms with van der Waals surface area (Å²) in [5.41, 5.74) is 4.83. The minimum absolute atomic E-state index is 0.126. The molecule has 1 aliphatic carbocycles. The topological polar surface area (TPSA) is 77.2 Å². The van der Waals surface area contributed by atoms with Crippen LogP contribution in [0.1, 0.15) is 55.2 Å². The van der Waals surface area contributed by atoms with Gasteiger partial charge >= 0.3 is 6.03 Å². The second-order valence-electron chi connectivity index (χ2n) is 13.4. The van der Waals surface area contributed by atoms with E-state index >= 15 is 4.39 Å². The van der Waals surface area contributed by atoms with Gasteiger partial charge in [-0.15, -0.1) is 0 Å². The van der Waals surface area contributed by atoms with Gasteiger partial charge in [0.2, 0.25) is 0 Å². The highest BCUT2D eigenvalue weighted by Gasteiger charge is 2.49. The molecule has 2 amide bonds. The van der Waals surface area contributed by atoms with Gasteiger partial charge in [-0.25, -0.2) is 18.6 Å². The number of aromatic nitrogens is 2. The summed E-state index contributed by atoms with van der Waals surface area (Å²) >= 11 is 13.0. The van der Waals surface area contributed by atoms with Crippen molar-refractivity contribution in [3.05, 3.63) is 93.2 Å². The zero-order valence-corrected chi connectivity index (χ0v) is 28.6. The summed E-state index contributed by atoms with van der Waals surface area (Å²) in [7, 11) is 0. The smallest absolute Gasteiger partial charge is 0.325 e. The Labute approximate surface area is 293 Å². The maximum atomic E-state index is 17.0. The van der Waals surface area contributed by atoms with Gasteiger partial charge in [0, 0.05) is 71.1 Å². The van der Waals surface area contributed by atoms with E-state index in [1.807, 2.05) is 24.8 Å². The summed E-state index contributed by atoms with van der Waals surface area (Å²) in [5.74, 6) is -0.453. The van der Waals surface area contributed by atoms with Crippen molar-refractivity contribution in [1.82, 2.24) is 19.8 Å². The van der Waals surface area contributed by atoms with E-state index in [4.69, 9.17) is 28.2 Å². The normalized spacial score (nSPS) is 21.0. The molecule has 3 saturated heterocycles. The second kappa shape index (κ2) is 12.3. The number of halogens is 4. The van der Waals surface area contributed by atoms with E-state index < -0.39 is 5.82 Å². The molecule has 4 fully saturated rings. The van der Waals surface area contributed by atoms with Crippen LogP contribution in [0.4, 0.5) is 19.3 Å². The van der Waals surface area contributed by atoms with Crippen molar-refractivity contribution in [3.63, 3.8) is 0 Å². The number of hydrogen-bond donors (Lipinski definition) is 1. The third kappa shape index (κ3) is 5.07. The first-order valence-corrected chi connectivity index (χ1v) is 17.5. The van der Waals surface area contributed by atoms with E-state index in [0.29, 0.717) is 63.9 Å². The third-order valence-electron chi connectivity index (χ3n) is 10.7. The molecular weight excluding hydrogens is 665 g/mol. The molecule has 4 atom stereocenters. The number of aryl methyl sites for hydroxylation is 2. The van der Waals surface area contributed by atoms with Crippen LogP contribution in [0, 0.1) is 35.8 Å². The molecule has 0 spiro atoms. The minimum Gasteiger partial charge on any atom is -0.337 e. The number of amides is 2. The largest absolute Gasteiger partial charge is 0.337 e. The summed E-state index contributed by atoms with van der Waals surface area (Å²) in [6.07, 6.45) is 2.33. The molecule has 1 saturated carbocycles. The first-order valence-electron chi connectivity index (χ1n) is 16.7. The number of nitrogens with zero attached hydrogens (tertiary/aromatic N) is 5. The molecule has 250 valence electrons. The Morgan fingerprint density at radius 1 is 1.10 bits per heavy atom. The molecule has 4 aliphatic rings. The quantitative estimate of drug-likeness (QED) is 0.184. The lowest BCUT2D eigenvalue weighted by atomic mass is 9.79. The monoisotopic (exact) mass is 698 g/mol. The Balaban J connectivity index is 1.34. The fourth-order valence-corrected chi connectivity index (χ4v) is 8.68. The molecule has 5 aromatic rings. The number of pyridine rings is 1. The molecule has 9 rings (SSSR count). The number of nitrogens with one attached hydrogen (secondary N) is 1. The molecule has 3 aliphatic heterocycles. The van der Waals surface area contributed by atoms with Gasteiger partial charge in [-0.1, -0.05) is 35.3 Å². The SMILES string of the molecule is Cc1nc2c(F)c(-c3cccc(Cl)c3Cl)c(CCC#N)cc2c2c1cc([C@@H](C)N1CCCN(c3ccc(F)cc3)C1=O)n2[C@H]1[C@H]2CN[C@@H]1C2. The molecule has 5 heterocycles. The molecule has 0 radical (unpaired) electrons. The van der Waals surface area contributed by atoms with Crippen LogP contribution in [0.5, 0.6) is 0 Å². The van der Waals surface area contributed by atoms with Gasteiger partial charge in [0.25, 0.3) is 0 Å². The van der Waals surface area contributed by atoms with Crippen molar-refractivity contribution in [2.45, 2.75) is 57.7 Å². The maximum Gasteiger partial charge on any atom is 0.325 e. The molecule has 2 aromatic heterocycles. The zero-order chi connectivity index (χ0) is 34.1. The lowest BCUT2D eigenvalue weighted by molar-refractivity contribution is 0.165. The third-order valence-corrected chi connectivity index (χ3v) is 11.5. The van der Waals surface area contributed by atoms with E-state index in [1.165, 1.54) is 12.1 Å². The molecule has 1 N–H and O–H groups in total. The van der Waals surface area contributed by atoms with Crippen LogP contribution in [-0.2, 0) is 6.42 Å². The van der Waals surface area contributed by atoms with Crippen LogP contribution in [-0.4, -0.2) is 46.2 Å². The lowest BCUT2D eigenvalue weighted by Gasteiger charge is -2.42. The van der Waals surface area contributed by atoms with Crippen LogP contribution in [0.15, 0.2) is 54.6 Å². The van der Waals surface area contributed by atoms with Gasteiger partial charge in [-0.2, -0.15) is 5.26 Å². The Kier molecular flexibility index (Phi) is 8.02. The van der Waals surface area contributed by atoms with Gasteiger partial charge < -0.3 is 14.8 Å². The van der Waals surface area contributed by atoms with Crippen molar-refractivity contribution in [3.8, 4) is 17.2 Å². The Morgan fingerprint density at radius 2 is 1.90 bits per heavy atom. The molecule has 7 nitrogen and oxygen atoms in total. The average Bonchev–Trinajstić information content (AvgIpc) is 3.83. The standard InChI is InChI=1S/C38H34Cl2F2N6O/c1-20-27-18-31(21(2)46-14-5-15-47(38(46)49)25-11-9-24(41)10-12-25)48(36-23-17-30(36)44-19-23)37(27)28-16-22(6-4-13-43)32(34(42)35(28)45-20)26-7-3-8-29(39)33(26)40/h3,7-12,16,18,21,23,30,36,44H,4-6,14-15,17,19H2,1-2H3/t21-,23-,30-,36+/m1/s1. The van der Waals surface area contributed by atoms with Gasteiger partial charge in [-0.05, 0) is 87.1 Å². The Hall–Kier alpha value is -4.23. The van der Waals surface area contributed by atoms with Crippen molar-refractivity contribution >= 4 is 56.7 Å². The van der Waals surface area contributed by atoms with Gasteiger partial charge in [0.1, 0.15) is 11.3 Å². The predicted molar refractivity (Wildman–Crippen MR) is 189 cm³/mol. The van der Waals surface area contributed by atoms with Crippen LogP contribution >= 0.6 is 23.2 Å². The number of rotatable bonds is 7. The lowest BCUT2D eigenvalue weighted by Crippen LogP contribution is -2.51. The van der Waals surface area contributed by atoms with E-state index in [9.17, 15) is 14.4 Å². The van der Waals surface area contributed by atoms with E-state index in [-0.39, 0.29) is 46.9 Å². The molecule has 3 aromatic carbocycles. The molecule has 2 bridgehead atoms. The number of carbonyl (C=O) groups is 1. The van der Waals surface area contributed by atoms with Gasteiger partial charge in [-0.3, -0.25) is 4.90 Å². The van der Waals surface area contributed by atoms with Crippen LogP contribution in [0.2, 0.25) is 10.0 Å². The predicted octanol–water partition coefficient (Wildman–Crippen LogP) is 9.13. The molecule has 49 heavy (non-hydrogen) atoms.